The second-order valence-corrected chi connectivity index (χ2v) is 5.42. The summed E-state index contributed by atoms with van der Waals surface area (Å²) in [4.78, 5) is 11.9. The molecule has 1 aromatic carbocycles. The van der Waals surface area contributed by atoms with Crippen LogP contribution in [-0.2, 0) is 11.2 Å². The summed E-state index contributed by atoms with van der Waals surface area (Å²) >= 11 is 0. The summed E-state index contributed by atoms with van der Waals surface area (Å²) in [6.45, 7) is 3.08. The molecule has 1 aromatic rings. The van der Waals surface area contributed by atoms with E-state index in [1.54, 1.807) is 0 Å². The number of amides is 1. The Labute approximate surface area is 102 Å². The lowest BCUT2D eigenvalue weighted by Crippen LogP contribution is -2.21. The Balaban J connectivity index is 1.77. The van der Waals surface area contributed by atoms with Crippen LogP contribution in [0.3, 0.4) is 0 Å². The number of hydrogen-bond donors (Lipinski definition) is 2. The first kappa shape index (κ1) is 10.6. The number of aryl methyl sites for hydroxylation is 1. The fourth-order valence-electron chi connectivity index (χ4n) is 2.25. The molecule has 0 spiro atoms. The highest BCUT2D eigenvalue weighted by Gasteiger charge is 2.44. The van der Waals surface area contributed by atoms with Crippen molar-refractivity contribution in [2.24, 2.45) is 5.41 Å². The van der Waals surface area contributed by atoms with Gasteiger partial charge >= 0.3 is 0 Å². The van der Waals surface area contributed by atoms with Crippen molar-refractivity contribution in [1.29, 1.82) is 0 Å². The molecular weight excluding hydrogens is 212 g/mol. The second-order valence-electron chi connectivity index (χ2n) is 5.42. The highest BCUT2D eigenvalue weighted by atomic mass is 16.2. The lowest BCUT2D eigenvalue weighted by Gasteiger charge is -2.19. The van der Waals surface area contributed by atoms with Gasteiger partial charge in [0.15, 0.2) is 0 Å². The summed E-state index contributed by atoms with van der Waals surface area (Å²) in [5.41, 5.74) is 3.36. The topological polar surface area (TPSA) is 41.1 Å². The second kappa shape index (κ2) is 3.76. The van der Waals surface area contributed by atoms with Crippen molar-refractivity contribution in [3.05, 3.63) is 23.8 Å². The minimum Gasteiger partial charge on any atom is -0.385 e. The number of rotatable bonds is 2. The van der Waals surface area contributed by atoms with Crippen LogP contribution in [0.15, 0.2) is 18.2 Å². The van der Waals surface area contributed by atoms with E-state index < -0.39 is 0 Å². The molecule has 90 valence electrons. The molecule has 2 N–H and O–H groups in total. The molecular formula is C14H18N2O. The number of hydrogen-bond acceptors (Lipinski definition) is 2. The Kier molecular flexibility index (Phi) is 2.35. The number of fused-ring (bicyclic) bond motifs is 1. The first-order chi connectivity index (χ1) is 8.17. The molecule has 0 aromatic heterocycles. The van der Waals surface area contributed by atoms with Gasteiger partial charge in [-0.25, -0.2) is 0 Å². The SMILES string of the molecule is CC1(C(=O)Nc2ccc3c(c2)CCCN3)CC1. The van der Waals surface area contributed by atoms with Gasteiger partial charge in [-0.05, 0) is 49.4 Å². The molecule has 1 aliphatic carbocycles. The Hall–Kier alpha value is -1.51. The van der Waals surface area contributed by atoms with E-state index in [1.807, 2.05) is 13.0 Å². The summed E-state index contributed by atoms with van der Waals surface area (Å²) in [5, 5.41) is 6.40. The summed E-state index contributed by atoms with van der Waals surface area (Å²) in [6.07, 6.45) is 4.31. The standard InChI is InChI=1S/C14H18N2O/c1-14(6-7-14)13(17)16-11-4-5-12-10(9-11)3-2-8-15-12/h4-5,9,15H,2-3,6-8H2,1H3,(H,16,17). The van der Waals surface area contributed by atoms with Gasteiger partial charge in [0, 0.05) is 23.3 Å². The van der Waals surface area contributed by atoms with Crippen molar-refractivity contribution in [2.45, 2.75) is 32.6 Å². The first-order valence-electron chi connectivity index (χ1n) is 6.36. The van der Waals surface area contributed by atoms with Gasteiger partial charge in [-0.1, -0.05) is 6.92 Å². The normalized spacial score (nSPS) is 20.1. The smallest absolute Gasteiger partial charge is 0.230 e. The van der Waals surface area contributed by atoms with Gasteiger partial charge in [0.1, 0.15) is 0 Å². The van der Waals surface area contributed by atoms with E-state index in [4.69, 9.17) is 0 Å². The minimum atomic E-state index is -0.103. The maximum absolute atomic E-state index is 11.9. The Morgan fingerprint density at radius 3 is 3.00 bits per heavy atom. The van der Waals surface area contributed by atoms with Crippen LogP contribution in [-0.4, -0.2) is 12.5 Å². The molecule has 3 rings (SSSR count). The van der Waals surface area contributed by atoms with Crippen molar-refractivity contribution >= 4 is 17.3 Å². The zero-order valence-electron chi connectivity index (χ0n) is 10.2. The zero-order chi connectivity index (χ0) is 11.9. The van der Waals surface area contributed by atoms with Gasteiger partial charge in [0.25, 0.3) is 0 Å². The van der Waals surface area contributed by atoms with Crippen molar-refractivity contribution in [1.82, 2.24) is 0 Å². The van der Waals surface area contributed by atoms with Gasteiger partial charge in [0.2, 0.25) is 5.91 Å². The molecule has 3 heteroatoms. The van der Waals surface area contributed by atoms with Crippen LogP contribution in [0.5, 0.6) is 0 Å². The Morgan fingerprint density at radius 1 is 1.41 bits per heavy atom. The number of carbonyl (C=O) groups is 1. The maximum Gasteiger partial charge on any atom is 0.230 e. The lowest BCUT2D eigenvalue weighted by molar-refractivity contribution is -0.120. The Bertz CT molecular complexity index is 463. The van der Waals surface area contributed by atoms with E-state index >= 15 is 0 Å². The average molecular weight is 230 g/mol. The van der Waals surface area contributed by atoms with Crippen LogP contribution in [0.4, 0.5) is 11.4 Å². The first-order valence-corrected chi connectivity index (χ1v) is 6.36. The molecule has 1 fully saturated rings. The summed E-state index contributed by atoms with van der Waals surface area (Å²) in [6, 6.07) is 6.16. The van der Waals surface area contributed by atoms with E-state index in [-0.39, 0.29) is 11.3 Å². The molecule has 0 atom stereocenters. The van der Waals surface area contributed by atoms with E-state index in [0.717, 1.165) is 31.5 Å². The number of nitrogens with one attached hydrogen (secondary N) is 2. The lowest BCUT2D eigenvalue weighted by atomic mass is 10.0. The number of carbonyl (C=O) groups excluding carboxylic acids is 1. The quantitative estimate of drug-likeness (QED) is 0.820. The maximum atomic E-state index is 11.9. The molecule has 1 aliphatic heterocycles. The van der Waals surface area contributed by atoms with Gasteiger partial charge in [-0.15, -0.1) is 0 Å². The van der Waals surface area contributed by atoms with Crippen LogP contribution in [0, 0.1) is 5.41 Å². The average Bonchev–Trinajstić information content (AvgIpc) is 3.09. The molecule has 1 amide bonds. The minimum absolute atomic E-state index is 0.103. The van der Waals surface area contributed by atoms with E-state index in [0.29, 0.717) is 0 Å². The highest BCUT2D eigenvalue weighted by molar-refractivity contribution is 5.97. The summed E-state index contributed by atoms with van der Waals surface area (Å²) < 4.78 is 0. The monoisotopic (exact) mass is 230 g/mol. The van der Waals surface area contributed by atoms with Gasteiger partial charge in [-0.3, -0.25) is 4.79 Å². The van der Waals surface area contributed by atoms with E-state index in [2.05, 4.69) is 22.8 Å². The third-order valence-electron chi connectivity index (χ3n) is 3.85. The largest absolute Gasteiger partial charge is 0.385 e. The third kappa shape index (κ3) is 2.02. The van der Waals surface area contributed by atoms with Crippen LogP contribution < -0.4 is 10.6 Å². The van der Waals surface area contributed by atoms with Crippen molar-refractivity contribution in [3.8, 4) is 0 Å². The van der Waals surface area contributed by atoms with Crippen LogP contribution >= 0.6 is 0 Å². The predicted octanol–water partition coefficient (Wildman–Crippen LogP) is 2.78. The van der Waals surface area contributed by atoms with Crippen molar-refractivity contribution < 1.29 is 4.79 Å². The van der Waals surface area contributed by atoms with Gasteiger partial charge < -0.3 is 10.6 Å². The van der Waals surface area contributed by atoms with Crippen LogP contribution in [0.2, 0.25) is 0 Å². The van der Waals surface area contributed by atoms with Crippen LogP contribution in [0.25, 0.3) is 0 Å². The summed E-state index contributed by atoms with van der Waals surface area (Å²) in [7, 11) is 0. The molecule has 3 nitrogen and oxygen atoms in total. The molecule has 0 unspecified atom stereocenters. The Morgan fingerprint density at radius 2 is 2.24 bits per heavy atom. The fraction of sp³-hybridized carbons (Fsp3) is 0.500. The number of benzene rings is 1. The molecule has 1 saturated carbocycles. The van der Waals surface area contributed by atoms with E-state index in [1.165, 1.54) is 17.7 Å². The number of anilines is 2. The van der Waals surface area contributed by atoms with E-state index in [9.17, 15) is 4.79 Å². The summed E-state index contributed by atoms with van der Waals surface area (Å²) in [5.74, 6) is 0.168. The molecule has 0 saturated heterocycles. The van der Waals surface area contributed by atoms with Crippen LogP contribution in [0.1, 0.15) is 31.7 Å². The molecule has 1 heterocycles. The molecule has 0 radical (unpaired) electrons. The molecule has 2 aliphatic rings. The highest BCUT2D eigenvalue weighted by Crippen LogP contribution is 2.45. The van der Waals surface area contributed by atoms with Crippen molar-refractivity contribution in [2.75, 3.05) is 17.2 Å². The fourth-order valence-corrected chi connectivity index (χ4v) is 2.25. The zero-order valence-corrected chi connectivity index (χ0v) is 10.2. The predicted molar refractivity (Wildman–Crippen MR) is 69.2 cm³/mol. The van der Waals surface area contributed by atoms with Gasteiger partial charge in [-0.2, -0.15) is 0 Å². The molecule has 17 heavy (non-hydrogen) atoms. The van der Waals surface area contributed by atoms with Gasteiger partial charge in [0.05, 0.1) is 0 Å². The third-order valence-corrected chi connectivity index (χ3v) is 3.85. The van der Waals surface area contributed by atoms with Crippen molar-refractivity contribution in [3.63, 3.8) is 0 Å². The molecule has 0 bridgehead atoms.